The van der Waals surface area contributed by atoms with Crippen molar-refractivity contribution in [1.29, 1.82) is 0 Å². The summed E-state index contributed by atoms with van der Waals surface area (Å²) in [6.07, 6.45) is 0. The van der Waals surface area contributed by atoms with E-state index in [0.717, 1.165) is 98.4 Å². The van der Waals surface area contributed by atoms with Crippen molar-refractivity contribution in [3.05, 3.63) is 182 Å². The fraction of sp³-hybridized carbons (Fsp3) is 0.0357. The fourth-order valence-electron chi connectivity index (χ4n) is 9.81. The van der Waals surface area contributed by atoms with Gasteiger partial charge in [0.25, 0.3) is 0 Å². The molecule has 0 bridgehead atoms. The number of ether oxygens (including phenoxy) is 2. The molecule has 0 saturated heterocycles. The fourth-order valence-corrected chi connectivity index (χ4v) is 11.0. The number of fused-ring (bicyclic) bond motifs is 13. The van der Waals surface area contributed by atoms with E-state index in [4.69, 9.17) is 19.4 Å². The first-order valence-electron chi connectivity index (χ1n) is 21.0. The van der Waals surface area contributed by atoms with Gasteiger partial charge >= 0.3 is 0 Å². The number of rotatable bonds is 6. The van der Waals surface area contributed by atoms with Gasteiger partial charge in [-0.3, -0.25) is 0 Å². The van der Waals surface area contributed by atoms with E-state index < -0.39 is 0 Å². The Bertz CT molecular complexity index is 3740. The van der Waals surface area contributed by atoms with Gasteiger partial charge in [0.05, 0.1) is 57.1 Å². The summed E-state index contributed by atoms with van der Waals surface area (Å²) in [4.78, 5) is 13.6. The van der Waals surface area contributed by atoms with E-state index in [1.54, 1.807) is 25.6 Å². The number of aromatic nitrogens is 4. The van der Waals surface area contributed by atoms with Gasteiger partial charge in [0.1, 0.15) is 22.5 Å². The van der Waals surface area contributed by atoms with Gasteiger partial charge in [0, 0.05) is 43.7 Å². The molecule has 0 aliphatic heterocycles. The summed E-state index contributed by atoms with van der Waals surface area (Å²) in [6, 6.07) is 64.8. The molecule has 0 radical (unpaired) electrons. The predicted octanol–water partition coefficient (Wildman–Crippen LogP) is 14.7. The van der Waals surface area contributed by atoms with Gasteiger partial charge in [-0.15, -0.1) is 11.3 Å². The van der Waals surface area contributed by atoms with Crippen LogP contribution in [0.1, 0.15) is 0 Å². The largest absolute Gasteiger partial charge is 0.497 e. The maximum absolute atomic E-state index is 5.75. The second-order valence-electron chi connectivity index (χ2n) is 16.0. The third-order valence-electron chi connectivity index (χ3n) is 12.7. The number of hydrogen-bond acceptors (Lipinski definition) is 5. The van der Waals surface area contributed by atoms with Gasteiger partial charge in [0.2, 0.25) is 0 Å². The van der Waals surface area contributed by atoms with Crippen LogP contribution in [0.15, 0.2) is 182 Å². The third-order valence-corrected chi connectivity index (χ3v) is 14.0. The normalized spacial score (nSPS) is 12.0. The highest BCUT2D eigenvalue weighted by molar-refractivity contribution is 7.20. The van der Waals surface area contributed by atoms with Crippen molar-refractivity contribution >= 4 is 98.6 Å². The molecule has 298 valence electrons. The van der Waals surface area contributed by atoms with Gasteiger partial charge in [0.15, 0.2) is 0 Å². The van der Waals surface area contributed by atoms with Crippen LogP contribution in [0.5, 0.6) is 11.5 Å². The molecule has 6 nitrogen and oxygen atoms in total. The van der Waals surface area contributed by atoms with Crippen LogP contribution in [0.25, 0.3) is 119 Å². The van der Waals surface area contributed by atoms with Crippen molar-refractivity contribution in [1.82, 2.24) is 19.1 Å². The molecule has 13 aromatic rings. The van der Waals surface area contributed by atoms with Crippen LogP contribution in [0.4, 0.5) is 0 Å². The van der Waals surface area contributed by atoms with Crippen LogP contribution < -0.4 is 9.47 Å². The standard InChI is InChI=1S/C56H36N4O2S/c1-61-37-23-27-43-45(31-37)46-32-38(62-2)24-28-44(46)52-51(43)57-53-54(58-52)56(34-22-26-42-40-18-10-12-20-48(40)60(50(42)30-34)36-15-7-4-8-16-36)63-55(53)33-21-25-41-39-17-9-11-19-47(39)59(49(41)29-33)35-13-5-3-6-14-35/h3-32H,1-2H3. The monoisotopic (exact) mass is 828 g/mol. The first-order chi connectivity index (χ1) is 31.1. The Kier molecular flexibility index (Phi) is 7.80. The summed E-state index contributed by atoms with van der Waals surface area (Å²) >= 11 is 1.76. The van der Waals surface area contributed by atoms with Crippen LogP contribution >= 0.6 is 11.3 Å². The zero-order valence-corrected chi connectivity index (χ0v) is 35.2. The Hall–Kier alpha value is -8.00. The zero-order chi connectivity index (χ0) is 41.8. The Labute approximate surface area is 365 Å². The molecule has 0 aliphatic rings. The van der Waals surface area contributed by atoms with Crippen molar-refractivity contribution in [2.24, 2.45) is 0 Å². The minimum absolute atomic E-state index is 0.781. The van der Waals surface area contributed by atoms with Crippen molar-refractivity contribution in [2.45, 2.75) is 0 Å². The van der Waals surface area contributed by atoms with Crippen molar-refractivity contribution in [3.8, 4) is 43.8 Å². The van der Waals surface area contributed by atoms with Gasteiger partial charge in [-0.05, 0) is 107 Å². The van der Waals surface area contributed by atoms with E-state index in [-0.39, 0.29) is 0 Å². The van der Waals surface area contributed by atoms with Gasteiger partial charge in [-0.25, -0.2) is 9.97 Å². The summed E-state index contributed by atoms with van der Waals surface area (Å²) in [5.74, 6) is 1.56. The van der Waals surface area contributed by atoms with E-state index in [1.807, 2.05) is 12.1 Å². The lowest BCUT2D eigenvalue weighted by Gasteiger charge is -2.12. The predicted molar refractivity (Wildman–Crippen MR) is 263 cm³/mol. The maximum Gasteiger partial charge on any atom is 0.119 e. The van der Waals surface area contributed by atoms with Crippen LogP contribution in [0.3, 0.4) is 0 Å². The molecule has 9 aromatic carbocycles. The Morgan fingerprint density at radius 1 is 0.349 bits per heavy atom. The average Bonchev–Trinajstić information content (AvgIpc) is 4.01. The number of benzene rings is 9. The number of thiophene rings is 1. The van der Waals surface area contributed by atoms with E-state index in [9.17, 15) is 0 Å². The third kappa shape index (κ3) is 5.30. The van der Waals surface area contributed by atoms with Gasteiger partial charge in [-0.2, -0.15) is 0 Å². The molecule has 0 unspecified atom stereocenters. The minimum atomic E-state index is 0.781. The van der Waals surface area contributed by atoms with Gasteiger partial charge < -0.3 is 18.6 Å². The number of hydrogen-bond donors (Lipinski definition) is 0. The lowest BCUT2D eigenvalue weighted by molar-refractivity contribution is 0.415. The molecule has 0 amide bonds. The second kappa shape index (κ2) is 13.8. The lowest BCUT2D eigenvalue weighted by Crippen LogP contribution is -1.94. The van der Waals surface area contributed by atoms with E-state index in [2.05, 4.69) is 179 Å². The molecule has 0 saturated carbocycles. The molecule has 4 aromatic heterocycles. The molecule has 0 aliphatic carbocycles. The van der Waals surface area contributed by atoms with Crippen molar-refractivity contribution in [2.75, 3.05) is 14.2 Å². The molecule has 0 atom stereocenters. The number of para-hydroxylation sites is 4. The Morgan fingerprint density at radius 2 is 0.746 bits per heavy atom. The van der Waals surface area contributed by atoms with Crippen LogP contribution in [0.2, 0.25) is 0 Å². The van der Waals surface area contributed by atoms with Crippen molar-refractivity contribution < 1.29 is 9.47 Å². The lowest BCUT2D eigenvalue weighted by atomic mass is 9.98. The number of methoxy groups -OCH3 is 2. The van der Waals surface area contributed by atoms with Crippen LogP contribution in [0, 0.1) is 0 Å². The highest BCUT2D eigenvalue weighted by atomic mass is 32.1. The van der Waals surface area contributed by atoms with E-state index in [1.165, 1.54) is 32.6 Å². The molecule has 0 fully saturated rings. The smallest absolute Gasteiger partial charge is 0.119 e. The highest BCUT2D eigenvalue weighted by Gasteiger charge is 2.24. The first kappa shape index (κ1) is 35.7. The highest BCUT2D eigenvalue weighted by Crippen LogP contribution is 2.48. The van der Waals surface area contributed by atoms with E-state index >= 15 is 0 Å². The van der Waals surface area contributed by atoms with Crippen molar-refractivity contribution in [3.63, 3.8) is 0 Å². The van der Waals surface area contributed by atoms with E-state index in [0.29, 0.717) is 0 Å². The summed E-state index contributed by atoms with van der Waals surface area (Å²) in [6.45, 7) is 0. The summed E-state index contributed by atoms with van der Waals surface area (Å²) in [7, 11) is 3.41. The first-order valence-corrected chi connectivity index (χ1v) is 21.9. The van der Waals surface area contributed by atoms with Crippen LogP contribution in [-0.2, 0) is 0 Å². The molecule has 0 N–H and O–H groups in total. The Balaban J connectivity index is 1.14. The van der Waals surface area contributed by atoms with Crippen LogP contribution in [-0.4, -0.2) is 33.3 Å². The molecular formula is C56H36N4O2S. The Morgan fingerprint density at radius 3 is 1.19 bits per heavy atom. The summed E-state index contributed by atoms with van der Waals surface area (Å²) in [5.41, 5.74) is 12.5. The SMILES string of the molecule is COc1ccc2c(c1)c1cc(OC)ccc1c1nc3c(-c4ccc5c6ccccc6n(-c6ccccc6)c5c4)sc(-c4ccc5c6ccccc6n(-c6ccccc6)c5c4)c3nc21. The second-order valence-corrected chi connectivity index (χ2v) is 17.1. The molecule has 0 spiro atoms. The molecule has 7 heteroatoms. The van der Waals surface area contributed by atoms with Gasteiger partial charge in [-0.1, -0.05) is 97.1 Å². The molecule has 63 heavy (non-hydrogen) atoms. The zero-order valence-electron chi connectivity index (χ0n) is 34.3. The maximum atomic E-state index is 5.75. The summed E-state index contributed by atoms with van der Waals surface area (Å²) < 4.78 is 16.3. The summed E-state index contributed by atoms with van der Waals surface area (Å²) in [5, 5.41) is 8.94. The quantitative estimate of drug-likeness (QED) is 0.157. The molecular weight excluding hydrogens is 793 g/mol. The number of nitrogens with zero attached hydrogens (tertiary/aromatic N) is 4. The topological polar surface area (TPSA) is 54.1 Å². The minimum Gasteiger partial charge on any atom is -0.497 e. The average molecular weight is 829 g/mol. The molecule has 13 rings (SSSR count). The molecule has 4 heterocycles.